The lowest BCUT2D eigenvalue weighted by Crippen LogP contribution is -2.41. The zero-order valence-corrected chi connectivity index (χ0v) is 22.3. The molecule has 0 radical (unpaired) electrons. The fourth-order valence-corrected chi connectivity index (χ4v) is 4.02. The summed E-state index contributed by atoms with van der Waals surface area (Å²) in [6.07, 6.45) is -1.70. The van der Waals surface area contributed by atoms with Gasteiger partial charge in [0.15, 0.2) is 23.0 Å². The van der Waals surface area contributed by atoms with Crippen LogP contribution in [0, 0.1) is 0 Å². The van der Waals surface area contributed by atoms with Crippen molar-refractivity contribution in [1.82, 2.24) is 4.90 Å². The van der Waals surface area contributed by atoms with Crippen LogP contribution in [-0.4, -0.2) is 82.1 Å². The first-order chi connectivity index (χ1) is 18.5. The van der Waals surface area contributed by atoms with Crippen molar-refractivity contribution < 1.29 is 38.6 Å². The van der Waals surface area contributed by atoms with Gasteiger partial charge in [-0.2, -0.15) is 0 Å². The molecule has 38 heavy (non-hydrogen) atoms. The molecule has 0 bridgehead atoms. The lowest BCUT2D eigenvalue weighted by Gasteiger charge is -2.28. The minimum atomic E-state index is -0.851. The molecule has 0 fully saturated rings. The Morgan fingerprint density at radius 3 is 1.34 bits per heavy atom. The van der Waals surface area contributed by atoms with E-state index in [9.17, 15) is 10.2 Å². The predicted octanol–water partition coefficient (Wildman–Crippen LogP) is 3.40. The maximum atomic E-state index is 10.8. The molecule has 0 saturated heterocycles. The van der Waals surface area contributed by atoms with Gasteiger partial charge >= 0.3 is 0 Å². The highest BCUT2D eigenvalue weighted by atomic mass is 16.5. The molecule has 2 unspecified atom stereocenters. The van der Waals surface area contributed by atoms with Gasteiger partial charge in [-0.1, -0.05) is 42.5 Å². The Kier molecular flexibility index (Phi) is 11.4. The van der Waals surface area contributed by atoms with Gasteiger partial charge in [0.1, 0.15) is 25.4 Å². The van der Waals surface area contributed by atoms with Crippen LogP contribution in [0.4, 0.5) is 0 Å². The molecule has 0 heterocycles. The Labute approximate surface area is 224 Å². The Morgan fingerprint density at radius 2 is 0.974 bits per heavy atom. The van der Waals surface area contributed by atoms with Gasteiger partial charge in [0.2, 0.25) is 11.5 Å². The van der Waals surface area contributed by atoms with Crippen LogP contribution in [0.2, 0.25) is 0 Å². The number of aliphatic hydroxyl groups is 2. The summed E-state index contributed by atoms with van der Waals surface area (Å²) in [5, 5.41) is 21.7. The number of hydrogen-bond donors (Lipinski definition) is 2. The van der Waals surface area contributed by atoms with E-state index in [1.807, 2.05) is 35.2 Å². The normalized spacial score (nSPS) is 12.5. The maximum Gasteiger partial charge on any atom is 0.203 e. The van der Waals surface area contributed by atoms with Crippen LogP contribution in [0.15, 0.2) is 66.7 Å². The van der Waals surface area contributed by atoms with E-state index in [-0.39, 0.29) is 26.3 Å². The number of nitrogens with zero attached hydrogens (tertiary/aromatic N) is 1. The van der Waals surface area contributed by atoms with Crippen molar-refractivity contribution in [2.24, 2.45) is 0 Å². The van der Waals surface area contributed by atoms with Gasteiger partial charge in [-0.25, -0.2) is 0 Å². The molecule has 0 amide bonds. The van der Waals surface area contributed by atoms with Crippen LogP contribution in [-0.2, 0) is 6.54 Å². The summed E-state index contributed by atoms with van der Waals surface area (Å²) < 4.78 is 33.2. The Bertz CT molecular complexity index is 999. The average molecular weight is 528 g/mol. The zero-order valence-electron chi connectivity index (χ0n) is 22.3. The van der Waals surface area contributed by atoms with Crippen LogP contribution < -0.4 is 28.4 Å². The number of ether oxygens (including phenoxy) is 6. The average Bonchev–Trinajstić information content (AvgIpc) is 2.94. The monoisotopic (exact) mass is 527 g/mol. The largest absolute Gasteiger partial charge is 0.493 e. The number of methoxy groups -OCH3 is 4. The molecular weight excluding hydrogens is 490 g/mol. The summed E-state index contributed by atoms with van der Waals surface area (Å²) in [5.41, 5.74) is 1.05. The number of benzene rings is 3. The van der Waals surface area contributed by atoms with Crippen LogP contribution in [0.5, 0.6) is 34.5 Å². The highest BCUT2D eigenvalue weighted by Gasteiger charge is 2.20. The van der Waals surface area contributed by atoms with Crippen LogP contribution in [0.3, 0.4) is 0 Å². The predicted molar refractivity (Wildman–Crippen MR) is 144 cm³/mol. The van der Waals surface area contributed by atoms with Crippen molar-refractivity contribution in [2.75, 3.05) is 54.7 Å². The number of hydrogen-bond acceptors (Lipinski definition) is 9. The molecule has 2 N–H and O–H groups in total. The summed E-state index contributed by atoms with van der Waals surface area (Å²) in [6.45, 7) is 1.04. The van der Waals surface area contributed by atoms with E-state index in [0.29, 0.717) is 41.0 Å². The van der Waals surface area contributed by atoms with Crippen LogP contribution >= 0.6 is 0 Å². The smallest absolute Gasteiger partial charge is 0.203 e. The molecule has 0 aliphatic heterocycles. The first-order valence-electron chi connectivity index (χ1n) is 12.3. The zero-order chi connectivity index (χ0) is 27.3. The van der Waals surface area contributed by atoms with Gasteiger partial charge in [0.25, 0.3) is 0 Å². The molecule has 0 spiro atoms. The molecule has 206 valence electrons. The summed E-state index contributed by atoms with van der Waals surface area (Å²) in [5.74, 6) is 2.89. The van der Waals surface area contributed by atoms with Crippen molar-refractivity contribution >= 4 is 0 Å². The topological polar surface area (TPSA) is 99.1 Å². The lowest BCUT2D eigenvalue weighted by molar-refractivity contribution is 0.0269. The third-order valence-corrected chi connectivity index (χ3v) is 5.79. The Hall–Kier alpha value is -3.66. The summed E-state index contributed by atoms with van der Waals surface area (Å²) in [6, 6.07) is 20.5. The van der Waals surface area contributed by atoms with E-state index < -0.39 is 12.2 Å². The summed E-state index contributed by atoms with van der Waals surface area (Å²) in [7, 11) is 6.18. The van der Waals surface area contributed by atoms with E-state index in [1.54, 1.807) is 64.8 Å². The third-order valence-electron chi connectivity index (χ3n) is 5.79. The van der Waals surface area contributed by atoms with Crippen LogP contribution in [0.1, 0.15) is 5.56 Å². The van der Waals surface area contributed by atoms with E-state index in [1.165, 1.54) is 0 Å². The van der Waals surface area contributed by atoms with Crippen LogP contribution in [0.25, 0.3) is 0 Å². The second-order valence-electron chi connectivity index (χ2n) is 8.59. The second kappa shape index (κ2) is 14.9. The van der Waals surface area contributed by atoms with Gasteiger partial charge < -0.3 is 38.6 Å². The number of aliphatic hydroxyl groups excluding tert-OH is 2. The fraction of sp³-hybridized carbons (Fsp3) is 0.379. The van der Waals surface area contributed by atoms with Gasteiger partial charge in [-0.15, -0.1) is 0 Å². The standard InChI is InChI=1S/C29H37NO8/c1-33-24-12-8-13-25(34-2)28(24)37-19-22(31)17-30(16-21-10-6-5-7-11-21)18-23(32)20-38-29-26(35-3)14-9-15-27(29)36-4/h5-15,22-23,31-32H,16-20H2,1-4H3. The molecule has 0 aromatic heterocycles. The molecule has 0 aliphatic rings. The molecule has 0 aliphatic carbocycles. The van der Waals surface area contributed by atoms with Crippen molar-refractivity contribution in [2.45, 2.75) is 18.8 Å². The lowest BCUT2D eigenvalue weighted by atomic mass is 10.2. The van der Waals surface area contributed by atoms with E-state index in [4.69, 9.17) is 28.4 Å². The van der Waals surface area contributed by atoms with Gasteiger partial charge in [0.05, 0.1) is 28.4 Å². The van der Waals surface area contributed by atoms with E-state index in [2.05, 4.69) is 0 Å². The molecule has 3 rings (SSSR count). The first kappa shape index (κ1) is 28.9. The van der Waals surface area contributed by atoms with Crippen molar-refractivity contribution in [1.29, 1.82) is 0 Å². The van der Waals surface area contributed by atoms with E-state index in [0.717, 1.165) is 5.56 Å². The highest BCUT2D eigenvalue weighted by molar-refractivity contribution is 5.51. The van der Waals surface area contributed by atoms with Gasteiger partial charge in [-0.05, 0) is 29.8 Å². The fourth-order valence-electron chi connectivity index (χ4n) is 4.02. The summed E-state index contributed by atoms with van der Waals surface area (Å²) >= 11 is 0. The molecule has 0 saturated carbocycles. The van der Waals surface area contributed by atoms with Gasteiger partial charge in [0, 0.05) is 19.6 Å². The highest BCUT2D eigenvalue weighted by Crippen LogP contribution is 2.37. The third kappa shape index (κ3) is 8.17. The van der Waals surface area contributed by atoms with Crippen molar-refractivity contribution in [3.8, 4) is 34.5 Å². The maximum absolute atomic E-state index is 10.8. The molecule has 9 heteroatoms. The molecular formula is C29H37NO8. The minimum Gasteiger partial charge on any atom is -0.493 e. The second-order valence-corrected chi connectivity index (χ2v) is 8.59. The number of para-hydroxylation sites is 2. The molecule has 2 atom stereocenters. The number of rotatable bonds is 16. The Morgan fingerprint density at radius 1 is 0.579 bits per heavy atom. The summed E-state index contributed by atoms with van der Waals surface area (Å²) in [4.78, 5) is 1.95. The van der Waals surface area contributed by atoms with Gasteiger partial charge in [-0.3, -0.25) is 4.90 Å². The SMILES string of the molecule is COc1cccc(OC)c1OCC(O)CN(Cc1ccccc1)CC(O)COc1c(OC)cccc1OC. The first-order valence-corrected chi connectivity index (χ1v) is 12.3. The molecule has 3 aromatic carbocycles. The van der Waals surface area contributed by atoms with Crippen molar-refractivity contribution in [3.63, 3.8) is 0 Å². The molecule has 3 aromatic rings. The molecule has 9 nitrogen and oxygen atoms in total. The van der Waals surface area contributed by atoms with E-state index >= 15 is 0 Å². The van der Waals surface area contributed by atoms with Crippen molar-refractivity contribution in [3.05, 3.63) is 72.3 Å². The minimum absolute atomic E-state index is 0.00698. The quantitative estimate of drug-likeness (QED) is 0.290. The Balaban J connectivity index is 1.65.